The van der Waals surface area contributed by atoms with E-state index in [0.717, 1.165) is 18.6 Å². The fourth-order valence-electron chi connectivity index (χ4n) is 1.91. The lowest BCUT2D eigenvalue weighted by Gasteiger charge is -2.13. The number of alkyl halides is 3. The SMILES string of the molecule is CCCNC(=O)c1cc(Nc2cc(C(F)(F)F)ccc2Cl)ccn1. The van der Waals surface area contributed by atoms with Crippen molar-refractivity contribution < 1.29 is 18.0 Å². The first kappa shape index (κ1) is 18.1. The third kappa shape index (κ3) is 4.61. The Balaban J connectivity index is 2.24. The van der Waals surface area contributed by atoms with Gasteiger partial charge in [0.2, 0.25) is 0 Å². The van der Waals surface area contributed by atoms with Crippen LogP contribution >= 0.6 is 11.6 Å². The number of nitrogens with one attached hydrogen (secondary N) is 2. The van der Waals surface area contributed by atoms with Crippen LogP contribution in [0.3, 0.4) is 0 Å². The van der Waals surface area contributed by atoms with Crippen LogP contribution in [0.15, 0.2) is 36.5 Å². The zero-order valence-corrected chi connectivity index (χ0v) is 13.5. The van der Waals surface area contributed by atoms with Crippen LogP contribution in [0, 0.1) is 0 Å². The molecule has 2 aromatic rings. The van der Waals surface area contributed by atoms with Crippen molar-refractivity contribution in [2.45, 2.75) is 19.5 Å². The van der Waals surface area contributed by atoms with E-state index in [1.807, 2.05) is 6.92 Å². The number of hydrogen-bond acceptors (Lipinski definition) is 3. The van der Waals surface area contributed by atoms with Crippen LogP contribution in [0.1, 0.15) is 29.4 Å². The smallest absolute Gasteiger partial charge is 0.354 e. The highest BCUT2D eigenvalue weighted by molar-refractivity contribution is 6.33. The van der Waals surface area contributed by atoms with Crippen molar-refractivity contribution in [3.63, 3.8) is 0 Å². The summed E-state index contributed by atoms with van der Waals surface area (Å²) in [6, 6.07) is 5.97. The van der Waals surface area contributed by atoms with Crippen LogP contribution in [-0.2, 0) is 6.18 Å². The van der Waals surface area contributed by atoms with Gasteiger partial charge in [-0.1, -0.05) is 18.5 Å². The highest BCUT2D eigenvalue weighted by atomic mass is 35.5. The third-order valence-corrected chi connectivity index (χ3v) is 3.43. The van der Waals surface area contributed by atoms with Gasteiger partial charge in [-0.2, -0.15) is 13.2 Å². The molecule has 24 heavy (non-hydrogen) atoms. The fraction of sp³-hybridized carbons (Fsp3) is 0.250. The highest BCUT2D eigenvalue weighted by Crippen LogP contribution is 2.34. The summed E-state index contributed by atoms with van der Waals surface area (Å²) in [6.07, 6.45) is -2.29. The van der Waals surface area contributed by atoms with E-state index in [-0.39, 0.29) is 22.3 Å². The quantitative estimate of drug-likeness (QED) is 0.819. The van der Waals surface area contributed by atoms with Crippen LogP contribution in [0.4, 0.5) is 24.5 Å². The number of carbonyl (C=O) groups is 1. The zero-order valence-electron chi connectivity index (χ0n) is 12.7. The lowest BCUT2D eigenvalue weighted by molar-refractivity contribution is -0.137. The van der Waals surface area contributed by atoms with Gasteiger partial charge < -0.3 is 10.6 Å². The summed E-state index contributed by atoms with van der Waals surface area (Å²) in [5, 5.41) is 5.60. The number of benzene rings is 1. The fourth-order valence-corrected chi connectivity index (χ4v) is 2.08. The second-order valence-corrected chi connectivity index (χ2v) is 5.41. The molecular weight excluding hydrogens is 343 g/mol. The maximum absolute atomic E-state index is 12.8. The molecule has 1 amide bonds. The Hall–Kier alpha value is -2.28. The molecule has 128 valence electrons. The molecule has 0 aliphatic carbocycles. The summed E-state index contributed by atoms with van der Waals surface area (Å²) in [5.74, 6) is -0.351. The molecule has 0 bridgehead atoms. The van der Waals surface area contributed by atoms with Gasteiger partial charge in [-0.25, -0.2) is 0 Å². The van der Waals surface area contributed by atoms with Gasteiger partial charge in [0.15, 0.2) is 0 Å². The Morgan fingerprint density at radius 2 is 2.00 bits per heavy atom. The molecule has 0 radical (unpaired) electrons. The predicted octanol–water partition coefficient (Wildman–Crippen LogP) is 4.64. The second kappa shape index (κ2) is 7.53. The van der Waals surface area contributed by atoms with E-state index in [4.69, 9.17) is 11.6 Å². The van der Waals surface area contributed by atoms with Gasteiger partial charge in [0, 0.05) is 18.4 Å². The maximum Gasteiger partial charge on any atom is 0.416 e. The average molecular weight is 358 g/mol. The Labute approximate surface area is 142 Å². The molecule has 4 nitrogen and oxygen atoms in total. The third-order valence-electron chi connectivity index (χ3n) is 3.10. The summed E-state index contributed by atoms with van der Waals surface area (Å²) in [7, 11) is 0. The molecule has 0 unspecified atom stereocenters. The van der Waals surface area contributed by atoms with E-state index in [9.17, 15) is 18.0 Å². The minimum atomic E-state index is -4.47. The van der Waals surface area contributed by atoms with Crippen molar-refractivity contribution >= 4 is 28.9 Å². The van der Waals surface area contributed by atoms with Crippen LogP contribution in [0.5, 0.6) is 0 Å². The summed E-state index contributed by atoms with van der Waals surface area (Å²) < 4.78 is 38.4. The van der Waals surface area contributed by atoms with E-state index < -0.39 is 11.7 Å². The molecule has 2 rings (SSSR count). The van der Waals surface area contributed by atoms with Crippen LogP contribution in [0.25, 0.3) is 0 Å². The van der Waals surface area contributed by atoms with Crippen molar-refractivity contribution in [3.05, 3.63) is 52.8 Å². The van der Waals surface area contributed by atoms with Gasteiger partial charge in [-0.3, -0.25) is 9.78 Å². The van der Waals surface area contributed by atoms with Crippen molar-refractivity contribution in [2.24, 2.45) is 0 Å². The molecule has 0 saturated heterocycles. The highest BCUT2D eigenvalue weighted by Gasteiger charge is 2.31. The number of anilines is 2. The number of hydrogen-bond donors (Lipinski definition) is 2. The molecule has 1 heterocycles. The number of aromatic nitrogens is 1. The normalized spacial score (nSPS) is 11.2. The lowest BCUT2D eigenvalue weighted by atomic mass is 10.2. The van der Waals surface area contributed by atoms with Gasteiger partial charge in [-0.05, 0) is 36.8 Å². The van der Waals surface area contributed by atoms with Gasteiger partial charge >= 0.3 is 6.18 Å². The number of amides is 1. The molecule has 8 heteroatoms. The topological polar surface area (TPSA) is 54.0 Å². The van der Waals surface area contributed by atoms with Gasteiger partial charge in [0.1, 0.15) is 5.69 Å². The van der Waals surface area contributed by atoms with Crippen molar-refractivity contribution in [1.29, 1.82) is 0 Å². The Kier molecular flexibility index (Phi) is 5.66. The van der Waals surface area contributed by atoms with Crippen molar-refractivity contribution in [2.75, 3.05) is 11.9 Å². The molecule has 0 saturated carbocycles. The molecule has 2 N–H and O–H groups in total. The Bertz CT molecular complexity index is 735. The Morgan fingerprint density at radius 3 is 2.67 bits per heavy atom. The largest absolute Gasteiger partial charge is 0.416 e. The summed E-state index contributed by atoms with van der Waals surface area (Å²) in [5.41, 5.74) is -0.147. The monoisotopic (exact) mass is 357 g/mol. The second-order valence-electron chi connectivity index (χ2n) is 5.00. The van der Waals surface area contributed by atoms with Crippen molar-refractivity contribution in [3.8, 4) is 0 Å². The number of pyridine rings is 1. The summed E-state index contributed by atoms with van der Waals surface area (Å²) in [6.45, 7) is 2.43. The first-order valence-electron chi connectivity index (χ1n) is 7.19. The minimum absolute atomic E-state index is 0.0950. The molecule has 1 aromatic heterocycles. The Morgan fingerprint density at radius 1 is 1.25 bits per heavy atom. The molecule has 0 atom stereocenters. The van der Waals surface area contributed by atoms with Crippen LogP contribution in [-0.4, -0.2) is 17.4 Å². The number of halogens is 4. The molecule has 0 aliphatic rings. The molecular formula is C16H15ClF3N3O. The van der Waals surface area contributed by atoms with E-state index >= 15 is 0 Å². The van der Waals surface area contributed by atoms with Gasteiger partial charge in [0.25, 0.3) is 5.91 Å². The van der Waals surface area contributed by atoms with E-state index in [0.29, 0.717) is 12.2 Å². The summed E-state index contributed by atoms with van der Waals surface area (Å²) in [4.78, 5) is 15.8. The van der Waals surface area contributed by atoms with Gasteiger partial charge in [0.05, 0.1) is 16.3 Å². The molecule has 0 spiro atoms. The zero-order chi connectivity index (χ0) is 17.7. The number of carbonyl (C=O) groups excluding carboxylic acids is 1. The molecule has 0 fully saturated rings. The maximum atomic E-state index is 12.8. The van der Waals surface area contributed by atoms with Crippen molar-refractivity contribution in [1.82, 2.24) is 10.3 Å². The summed E-state index contributed by atoms with van der Waals surface area (Å²) >= 11 is 5.94. The first-order valence-corrected chi connectivity index (χ1v) is 7.57. The predicted molar refractivity (Wildman–Crippen MR) is 86.6 cm³/mol. The van der Waals surface area contributed by atoms with E-state index in [2.05, 4.69) is 15.6 Å². The average Bonchev–Trinajstić information content (AvgIpc) is 2.54. The molecule has 0 aliphatic heterocycles. The van der Waals surface area contributed by atoms with Gasteiger partial charge in [-0.15, -0.1) is 0 Å². The van der Waals surface area contributed by atoms with E-state index in [1.165, 1.54) is 24.4 Å². The molecule has 1 aromatic carbocycles. The van der Waals surface area contributed by atoms with Crippen LogP contribution in [0.2, 0.25) is 5.02 Å². The number of nitrogens with zero attached hydrogens (tertiary/aromatic N) is 1. The van der Waals surface area contributed by atoms with E-state index in [1.54, 1.807) is 0 Å². The van der Waals surface area contributed by atoms with Crippen LogP contribution < -0.4 is 10.6 Å². The standard InChI is InChI=1S/C16H15ClF3N3O/c1-2-6-22-15(24)14-9-11(5-7-21-14)23-13-8-10(16(18,19)20)3-4-12(13)17/h3-5,7-9H,2,6H2,1H3,(H,21,23)(H,22,24). The minimum Gasteiger partial charge on any atom is -0.354 e. The number of rotatable bonds is 5. The lowest BCUT2D eigenvalue weighted by Crippen LogP contribution is -2.24. The first-order chi connectivity index (χ1) is 11.3.